The van der Waals surface area contributed by atoms with E-state index in [1.165, 1.54) is 7.11 Å². The second kappa shape index (κ2) is 5.18. The predicted octanol–water partition coefficient (Wildman–Crippen LogP) is 2.51. The molecule has 0 saturated heterocycles. The summed E-state index contributed by atoms with van der Waals surface area (Å²) < 4.78 is 4.62. The van der Waals surface area contributed by atoms with E-state index >= 15 is 0 Å². The molecule has 1 aromatic carbocycles. The summed E-state index contributed by atoms with van der Waals surface area (Å²) in [5.74, 6) is 0.648. The molecule has 4 nitrogen and oxygen atoms in total. The van der Waals surface area contributed by atoms with Gasteiger partial charge in [-0.15, -0.1) is 24.0 Å². The van der Waals surface area contributed by atoms with Gasteiger partial charge >= 0.3 is 5.97 Å². The van der Waals surface area contributed by atoms with Crippen LogP contribution in [0, 0.1) is 0 Å². The van der Waals surface area contributed by atoms with Gasteiger partial charge in [-0.1, -0.05) is 0 Å². The van der Waals surface area contributed by atoms with E-state index in [1.807, 2.05) is 0 Å². The molecule has 0 radical (unpaired) electrons. The molecule has 0 aliphatic heterocycles. The van der Waals surface area contributed by atoms with Crippen LogP contribution in [-0.2, 0) is 10.6 Å². The molecule has 6 heteroatoms. The van der Waals surface area contributed by atoms with Crippen LogP contribution < -0.4 is 0 Å². The first-order valence-electron chi connectivity index (χ1n) is 4.37. The number of aromatic amines is 1. The standard InChI is InChI=1S/C10H9ClN2O2.ClH/c1-15-10(14)6-2-3-7-8(4-6)13-9(5-11)12-7;/h2-4H,5H2,1H3,(H,12,13);1H. The maximum atomic E-state index is 11.3. The lowest BCUT2D eigenvalue weighted by atomic mass is 10.2. The number of imidazole rings is 1. The molecule has 1 aromatic heterocycles. The van der Waals surface area contributed by atoms with Gasteiger partial charge in [-0.05, 0) is 18.2 Å². The Labute approximate surface area is 103 Å². The lowest BCUT2D eigenvalue weighted by molar-refractivity contribution is 0.0601. The van der Waals surface area contributed by atoms with E-state index in [9.17, 15) is 4.79 Å². The number of nitrogens with one attached hydrogen (secondary N) is 1. The number of carbonyl (C=O) groups excluding carboxylic acids is 1. The molecule has 0 unspecified atom stereocenters. The lowest BCUT2D eigenvalue weighted by Gasteiger charge is -1.97. The summed E-state index contributed by atoms with van der Waals surface area (Å²) in [6.07, 6.45) is 0. The molecule has 0 bridgehead atoms. The van der Waals surface area contributed by atoms with Crippen molar-refractivity contribution in [1.82, 2.24) is 9.97 Å². The minimum absolute atomic E-state index is 0. The number of H-pyrrole nitrogens is 1. The summed E-state index contributed by atoms with van der Waals surface area (Å²) in [6, 6.07) is 5.13. The van der Waals surface area contributed by atoms with E-state index in [-0.39, 0.29) is 18.4 Å². The van der Waals surface area contributed by atoms with Crippen molar-refractivity contribution in [3.63, 3.8) is 0 Å². The molecule has 0 atom stereocenters. The van der Waals surface area contributed by atoms with Gasteiger partial charge in [0.2, 0.25) is 0 Å². The van der Waals surface area contributed by atoms with E-state index in [0.717, 1.165) is 11.0 Å². The number of halogens is 2. The highest BCUT2D eigenvalue weighted by atomic mass is 35.5. The Morgan fingerprint density at radius 3 is 2.94 bits per heavy atom. The van der Waals surface area contributed by atoms with Crippen LogP contribution >= 0.6 is 24.0 Å². The fraction of sp³-hybridized carbons (Fsp3) is 0.200. The van der Waals surface area contributed by atoms with Crippen LogP contribution in [-0.4, -0.2) is 23.0 Å². The highest BCUT2D eigenvalue weighted by Crippen LogP contribution is 2.15. The van der Waals surface area contributed by atoms with Gasteiger partial charge in [-0.25, -0.2) is 9.78 Å². The smallest absolute Gasteiger partial charge is 0.337 e. The predicted molar refractivity (Wildman–Crippen MR) is 64.2 cm³/mol. The number of nitrogens with zero attached hydrogens (tertiary/aromatic N) is 1. The number of esters is 1. The van der Waals surface area contributed by atoms with Crippen molar-refractivity contribution in [3.05, 3.63) is 29.6 Å². The first-order valence-corrected chi connectivity index (χ1v) is 4.91. The van der Waals surface area contributed by atoms with Crippen LogP contribution in [0.2, 0.25) is 0 Å². The summed E-state index contributed by atoms with van der Waals surface area (Å²) >= 11 is 5.64. The molecule has 2 aromatic rings. The van der Waals surface area contributed by atoms with Gasteiger partial charge in [-0.3, -0.25) is 0 Å². The zero-order valence-corrected chi connectivity index (χ0v) is 10.1. The Bertz CT molecular complexity index is 510. The van der Waals surface area contributed by atoms with Gasteiger partial charge in [0.15, 0.2) is 0 Å². The number of hydrogen-bond acceptors (Lipinski definition) is 3. The highest BCUT2D eigenvalue weighted by molar-refractivity contribution is 6.16. The zero-order chi connectivity index (χ0) is 10.8. The van der Waals surface area contributed by atoms with E-state index in [4.69, 9.17) is 11.6 Å². The first-order chi connectivity index (χ1) is 7.24. The molecule has 2 rings (SSSR count). The molecule has 0 aliphatic carbocycles. The van der Waals surface area contributed by atoms with Crippen molar-refractivity contribution >= 4 is 41.0 Å². The summed E-state index contributed by atoms with van der Waals surface area (Å²) in [5, 5.41) is 0. The van der Waals surface area contributed by atoms with Crippen molar-refractivity contribution in [1.29, 1.82) is 0 Å². The lowest BCUT2D eigenvalue weighted by Crippen LogP contribution is -2.00. The molecule has 0 spiro atoms. The van der Waals surface area contributed by atoms with Gasteiger partial charge in [0.05, 0.1) is 29.6 Å². The number of aromatic nitrogens is 2. The first kappa shape index (κ1) is 12.8. The Kier molecular flexibility index (Phi) is 4.15. The maximum Gasteiger partial charge on any atom is 0.337 e. The number of hydrogen-bond donors (Lipinski definition) is 1. The summed E-state index contributed by atoms with van der Waals surface area (Å²) in [5.41, 5.74) is 2.07. The van der Waals surface area contributed by atoms with Crippen LogP contribution in [0.15, 0.2) is 18.2 Å². The second-order valence-corrected chi connectivity index (χ2v) is 3.31. The minimum atomic E-state index is -0.362. The summed E-state index contributed by atoms with van der Waals surface area (Å²) in [7, 11) is 1.35. The van der Waals surface area contributed by atoms with Crippen LogP contribution in [0.5, 0.6) is 0 Å². The Morgan fingerprint density at radius 1 is 1.56 bits per heavy atom. The third kappa shape index (κ3) is 2.28. The van der Waals surface area contributed by atoms with E-state index in [1.54, 1.807) is 18.2 Å². The second-order valence-electron chi connectivity index (χ2n) is 3.04. The Hall–Kier alpha value is -1.26. The van der Waals surface area contributed by atoms with Crippen LogP contribution in [0.4, 0.5) is 0 Å². The number of ether oxygens (including phenoxy) is 1. The summed E-state index contributed by atoms with van der Waals surface area (Å²) in [4.78, 5) is 18.5. The van der Waals surface area contributed by atoms with Crippen molar-refractivity contribution in [2.45, 2.75) is 5.88 Å². The number of benzene rings is 1. The maximum absolute atomic E-state index is 11.3. The molecular formula is C10H10Cl2N2O2. The zero-order valence-electron chi connectivity index (χ0n) is 8.49. The fourth-order valence-corrected chi connectivity index (χ4v) is 1.50. The molecule has 0 aliphatic rings. The van der Waals surface area contributed by atoms with Gasteiger partial charge in [0.1, 0.15) is 5.82 Å². The van der Waals surface area contributed by atoms with Gasteiger partial charge in [0.25, 0.3) is 0 Å². The van der Waals surface area contributed by atoms with E-state index in [0.29, 0.717) is 17.3 Å². The number of rotatable bonds is 2. The molecule has 86 valence electrons. The topological polar surface area (TPSA) is 55.0 Å². The number of alkyl halides is 1. The van der Waals surface area contributed by atoms with Gasteiger partial charge in [-0.2, -0.15) is 0 Å². The van der Waals surface area contributed by atoms with Crippen LogP contribution in [0.3, 0.4) is 0 Å². The normalized spacial score (nSPS) is 9.88. The number of fused-ring (bicyclic) bond motifs is 1. The van der Waals surface area contributed by atoms with Crippen molar-refractivity contribution in [2.24, 2.45) is 0 Å². The van der Waals surface area contributed by atoms with Gasteiger partial charge in [0, 0.05) is 0 Å². The molecule has 0 fully saturated rings. The molecule has 1 heterocycles. The molecule has 16 heavy (non-hydrogen) atoms. The third-order valence-corrected chi connectivity index (χ3v) is 2.33. The minimum Gasteiger partial charge on any atom is -0.465 e. The highest BCUT2D eigenvalue weighted by Gasteiger charge is 2.08. The Morgan fingerprint density at radius 2 is 2.31 bits per heavy atom. The molecule has 0 amide bonds. The van der Waals surface area contributed by atoms with Crippen molar-refractivity contribution < 1.29 is 9.53 Å². The SMILES string of the molecule is COC(=O)c1ccc2nc(CCl)[nH]c2c1.Cl. The number of methoxy groups -OCH3 is 1. The van der Waals surface area contributed by atoms with E-state index < -0.39 is 0 Å². The molecule has 0 saturated carbocycles. The van der Waals surface area contributed by atoms with Crippen LogP contribution in [0.25, 0.3) is 11.0 Å². The van der Waals surface area contributed by atoms with Crippen LogP contribution in [0.1, 0.15) is 16.2 Å². The third-order valence-electron chi connectivity index (χ3n) is 2.08. The Balaban J connectivity index is 0.00000128. The quantitative estimate of drug-likeness (QED) is 0.667. The largest absolute Gasteiger partial charge is 0.465 e. The van der Waals surface area contributed by atoms with Gasteiger partial charge < -0.3 is 9.72 Å². The average molecular weight is 261 g/mol. The summed E-state index contributed by atoms with van der Waals surface area (Å²) in [6.45, 7) is 0. The average Bonchev–Trinajstić information content (AvgIpc) is 2.69. The van der Waals surface area contributed by atoms with E-state index in [2.05, 4.69) is 14.7 Å². The van der Waals surface area contributed by atoms with Crippen molar-refractivity contribution in [2.75, 3.05) is 7.11 Å². The number of carbonyl (C=O) groups is 1. The molecular weight excluding hydrogens is 251 g/mol. The monoisotopic (exact) mass is 260 g/mol. The van der Waals surface area contributed by atoms with Crippen molar-refractivity contribution in [3.8, 4) is 0 Å². The molecule has 1 N–H and O–H groups in total. The fourth-order valence-electron chi connectivity index (χ4n) is 1.37.